The van der Waals surface area contributed by atoms with Gasteiger partial charge in [0, 0.05) is 20.6 Å². The molecule has 1 aliphatic rings. The summed E-state index contributed by atoms with van der Waals surface area (Å²) in [4.78, 5) is 1.90. The van der Waals surface area contributed by atoms with Gasteiger partial charge in [-0.1, -0.05) is 12.1 Å². The normalized spacial score (nSPS) is 20.0. The number of anilines is 2. The van der Waals surface area contributed by atoms with E-state index >= 15 is 0 Å². The maximum Gasteiger partial charge on any atom is 0.236 e. The Balaban J connectivity index is 2.20. The maximum atomic E-state index is 12.4. The molecule has 0 radical (unpaired) electrons. The van der Waals surface area contributed by atoms with Crippen LogP contribution in [0.3, 0.4) is 0 Å². The highest BCUT2D eigenvalue weighted by Gasteiger charge is 2.27. The van der Waals surface area contributed by atoms with Crippen molar-refractivity contribution in [2.24, 2.45) is 0 Å². The van der Waals surface area contributed by atoms with Crippen molar-refractivity contribution in [2.45, 2.75) is 18.1 Å². The van der Waals surface area contributed by atoms with Crippen LogP contribution < -0.4 is 14.9 Å². The number of hydrogen-bond acceptors (Lipinski definition) is 4. The van der Waals surface area contributed by atoms with Gasteiger partial charge in [-0.05, 0) is 31.5 Å². The minimum Gasteiger partial charge on any atom is -0.376 e. The largest absolute Gasteiger partial charge is 0.376 e. The lowest BCUT2D eigenvalue weighted by molar-refractivity contribution is 0.499. The third kappa shape index (κ3) is 3.39. The van der Waals surface area contributed by atoms with Crippen LogP contribution in [0.2, 0.25) is 0 Å². The first kappa shape index (κ1) is 14.1. The van der Waals surface area contributed by atoms with Crippen molar-refractivity contribution in [2.75, 3.05) is 36.8 Å². The molecule has 2 rings (SSSR count). The van der Waals surface area contributed by atoms with Crippen LogP contribution in [-0.4, -0.2) is 40.9 Å². The summed E-state index contributed by atoms with van der Waals surface area (Å²) >= 11 is 0. The van der Waals surface area contributed by atoms with E-state index in [-0.39, 0.29) is 5.25 Å². The van der Waals surface area contributed by atoms with Gasteiger partial charge in [0.15, 0.2) is 0 Å². The van der Waals surface area contributed by atoms with Crippen molar-refractivity contribution in [1.29, 1.82) is 0 Å². The van der Waals surface area contributed by atoms with Crippen LogP contribution in [0.15, 0.2) is 24.3 Å². The van der Waals surface area contributed by atoms with Crippen molar-refractivity contribution >= 4 is 21.4 Å². The predicted molar refractivity (Wildman–Crippen MR) is 79.2 cm³/mol. The molecule has 0 aliphatic carbocycles. The predicted octanol–water partition coefficient (Wildman–Crippen LogP) is 1.25. The Morgan fingerprint density at radius 3 is 2.68 bits per heavy atom. The zero-order valence-corrected chi connectivity index (χ0v) is 12.2. The standard InChI is InChI=1S/C13H21N3O2S/c1-16(2)13-8-4-3-7-12(13)15-19(17,18)11-6-5-9-14-10-11/h3-4,7-8,11,14-15H,5-6,9-10H2,1-2H3. The number of rotatable bonds is 4. The van der Waals surface area contributed by atoms with Gasteiger partial charge < -0.3 is 10.2 Å². The van der Waals surface area contributed by atoms with Gasteiger partial charge in [-0.15, -0.1) is 0 Å². The number of sulfonamides is 1. The Morgan fingerprint density at radius 2 is 2.05 bits per heavy atom. The van der Waals surface area contributed by atoms with Gasteiger partial charge in [0.1, 0.15) is 0 Å². The molecule has 2 N–H and O–H groups in total. The number of piperidine rings is 1. The summed E-state index contributed by atoms with van der Waals surface area (Å²) in [5.41, 5.74) is 1.51. The van der Waals surface area contributed by atoms with E-state index in [0.29, 0.717) is 18.7 Å². The van der Waals surface area contributed by atoms with Crippen molar-refractivity contribution in [3.05, 3.63) is 24.3 Å². The van der Waals surface area contributed by atoms with Crippen LogP contribution in [0, 0.1) is 0 Å². The number of nitrogens with one attached hydrogen (secondary N) is 2. The fraction of sp³-hybridized carbons (Fsp3) is 0.538. The summed E-state index contributed by atoms with van der Waals surface area (Å²) in [5, 5.41) is 2.78. The lowest BCUT2D eigenvalue weighted by Gasteiger charge is -2.25. The molecule has 5 nitrogen and oxygen atoms in total. The molecule has 1 saturated heterocycles. The smallest absolute Gasteiger partial charge is 0.236 e. The average Bonchev–Trinajstić information content (AvgIpc) is 2.39. The van der Waals surface area contributed by atoms with Crippen LogP contribution in [-0.2, 0) is 10.0 Å². The molecule has 1 heterocycles. The molecule has 1 aliphatic heterocycles. The average molecular weight is 283 g/mol. The molecule has 106 valence electrons. The van der Waals surface area contributed by atoms with E-state index in [2.05, 4.69) is 10.0 Å². The highest BCUT2D eigenvalue weighted by atomic mass is 32.2. The van der Waals surface area contributed by atoms with Gasteiger partial charge in [-0.25, -0.2) is 8.42 Å². The molecule has 0 bridgehead atoms. The van der Waals surface area contributed by atoms with Crippen molar-refractivity contribution in [3.63, 3.8) is 0 Å². The van der Waals surface area contributed by atoms with Crippen molar-refractivity contribution in [1.82, 2.24) is 5.32 Å². The van der Waals surface area contributed by atoms with Gasteiger partial charge in [-0.3, -0.25) is 4.72 Å². The van der Waals surface area contributed by atoms with Crippen LogP contribution in [0.5, 0.6) is 0 Å². The molecule has 19 heavy (non-hydrogen) atoms. The van der Waals surface area contributed by atoms with E-state index in [1.807, 2.05) is 37.2 Å². The van der Waals surface area contributed by atoms with Gasteiger partial charge in [-0.2, -0.15) is 0 Å². The monoisotopic (exact) mass is 283 g/mol. The third-order valence-corrected chi connectivity index (χ3v) is 5.11. The van der Waals surface area contributed by atoms with Crippen molar-refractivity contribution in [3.8, 4) is 0 Å². The zero-order valence-electron chi connectivity index (χ0n) is 11.4. The Hall–Kier alpha value is -1.27. The highest BCUT2D eigenvalue weighted by molar-refractivity contribution is 7.93. The van der Waals surface area contributed by atoms with E-state index < -0.39 is 10.0 Å². The minimum atomic E-state index is -3.33. The summed E-state index contributed by atoms with van der Waals surface area (Å²) < 4.78 is 27.4. The van der Waals surface area contributed by atoms with Crippen molar-refractivity contribution < 1.29 is 8.42 Å². The maximum absolute atomic E-state index is 12.4. The fourth-order valence-electron chi connectivity index (χ4n) is 2.27. The first-order chi connectivity index (χ1) is 9.00. The van der Waals surface area contributed by atoms with Gasteiger partial charge in [0.05, 0.1) is 16.6 Å². The van der Waals surface area contributed by atoms with E-state index in [0.717, 1.165) is 18.7 Å². The summed E-state index contributed by atoms with van der Waals surface area (Å²) in [6.07, 6.45) is 1.62. The van der Waals surface area contributed by atoms with E-state index in [9.17, 15) is 8.42 Å². The van der Waals surface area contributed by atoms with Crippen LogP contribution >= 0.6 is 0 Å². The highest BCUT2D eigenvalue weighted by Crippen LogP contribution is 2.26. The molecule has 6 heteroatoms. The quantitative estimate of drug-likeness (QED) is 0.873. The first-order valence-corrected chi connectivity index (χ1v) is 8.04. The second-order valence-corrected chi connectivity index (χ2v) is 6.99. The Kier molecular flexibility index (Phi) is 4.31. The molecule has 1 aromatic rings. The van der Waals surface area contributed by atoms with E-state index in [4.69, 9.17) is 0 Å². The molecule has 1 unspecified atom stereocenters. The van der Waals surface area contributed by atoms with E-state index in [1.165, 1.54) is 0 Å². The number of benzene rings is 1. The first-order valence-electron chi connectivity index (χ1n) is 6.49. The lowest BCUT2D eigenvalue weighted by Crippen LogP contribution is -2.41. The SMILES string of the molecule is CN(C)c1ccccc1NS(=O)(=O)C1CCCNC1. The second-order valence-electron chi connectivity index (χ2n) is 5.03. The zero-order chi connectivity index (χ0) is 13.9. The summed E-state index contributed by atoms with van der Waals surface area (Å²) in [7, 11) is 0.465. The molecule has 0 saturated carbocycles. The molecule has 0 aromatic heterocycles. The lowest BCUT2D eigenvalue weighted by atomic mass is 10.2. The van der Waals surface area contributed by atoms with Crippen LogP contribution in [0.25, 0.3) is 0 Å². The van der Waals surface area contributed by atoms with Gasteiger partial charge in [0.25, 0.3) is 0 Å². The van der Waals surface area contributed by atoms with Crippen LogP contribution in [0.1, 0.15) is 12.8 Å². The molecular weight excluding hydrogens is 262 g/mol. The Labute approximate surface area is 115 Å². The van der Waals surface area contributed by atoms with E-state index in [1.54, 1.807) is 6.07 Å². The second kappa shape index (κ2) is 5.79. The minimum absolute atomic E-state index is 0.350. The molecule has 1 atom stereocenters. The van der Waals surface area contributed by atoms with Gasteiger partial charge in [0.2, 0.25) is 10.0 Å². The van der Waals surface area contributed by atoms with Gasteiger partial charge >= 0.3 is 0 Å². The number of hydrogen-bond donors (Lipinski definition) is 2. The molecule has 1 fully saturated rings. The Bertz CT molecular complexity index is 522. The fourth-order valence-corrected chi connectivity index (χ4v) is 3.73. The summed E-state index contributed by atoms with van der Waals surface area (Å²) in [5.74, 6) is 0. The third-order valence-electron chi connectivity index (χ3n) is 3.33. The molecular formula is C13H21N3O2S. The number of nitrogens with zero attached hydrogens (tertiary/aromatic N) is 1. The summed E-state index contributed by atoms with van der Waals surface area (Å²) in [6, 6.07) is 7.43. The summed E-state index contributed by atoms with van der Waals surface area (Å²) in [6.45, 7) is 1.43. The topological polar surface area (TPSA) is 61.4 Å². The van der Waals surface area contributed by atoms with Crippen LogP contribution in [0.4, 0.5) is 11.4 Å². The molecule has 1 aromatic carbocycles. The number of para-hydroxylation sites is 2. The molecule has 0 spiro atoms. The Morgan fingerprint density at radius 1 is 1.32 bits per heavy atom. The molecule has 0 amide bonds.